The van der Waals surface area contributed by atoms with E-state index in [2.05, 4.69) is 0 Å². The maximum Gasteiger partial charge on any atom is 0.302 e. The summed E-state index contributed by atoms with van der Waals surface area (Å²) < 4.78 is 10.5. The fourth-order valence-electron chi connectivity index (χ4n) is 3.14. The van der Waals surface area contributed by atoms with Crippen LogP contribution >= 0.6 is 0 Å². The van der Waals surface area contributed by atoms with Gasteiger partial charge in [-0.2, -0.15) is 0 Å². The zero-order valence-corrected chi connectivity index (χ0v) is 16.7. The van der Waals surface area contributed by atoms with Gasteiger partial charge in [-0.25, -0.2) is 0 Å². The second-order valence-corrected chi connectivity index (χ2v) is 7.03. The highest BCUT2D eigenvalue weighted by Crippen LogP contribution is 2.28. The van der Waals surface area contributed by atoms with Gasteiger partial charge in [-0.05, 0) is 61.1 Å². The van der Waals surface area contributed by atoms with E-state index < -0.39 is 18.2 Å². The number of phenols is 3. The summed E-state index contributed by atoms with van der Waals surface area (Å²) in [6.07, 6.45) is 1.20. The molecule has 0 heterocycles. The number of methoxy groups -OCH3 is 1. The Morgan fingerprint density at radius 1 is 0.931 bits per heavy atom. The van der Waals surface area contributed by atoms with Gasteiger partial charge in [0.05, 0.1) is 13.2 Å². The Labute approximate surface area is 170 Å². The highest BCUT2D eigenvalue weighted by molar-refractivity contribution is 5.66. The summed E-state index contributed by atoms with van der Waals surface area (Å²) in [6.45, 7) is 1.34. The van der Waals surface area contributed by atoms with Gasteiger partial charge in [0.1, 0.15) is 6.10 Å². The van der Waals surface area contributed by atoms with Crippen LogP contribution in [0.5, 0.6) is 23.0 Å². The molecule has 158 valence electrons. The van der Waals surface area contributed by atoms with Crippen LogP contribution in [-0.2, 0) is 22.4 Å². The molecule has 2 atom stereocenters. The topological polar surface area (TPSA) is 116 Å². The van der Waals surface area contributed by atoms with Crippen LogP contribution in [0.15, 0.2) is 36.4 Å². The summed E-state index contributed by atoms with van der Waals surface area (Å²) in [6, 6.07) is 9.61. The lowest BCUT2D eigenvalue weighted by Crippen LogP contribution is -2.24. The number of carbonyl (C=O) groups excluding carboxylic acids is 1. The quantitative estimate of drug-likeness (QED) is 0.355. The van der Waals surface area contributed by atoms with Gasteiger partial charge in [0.25, 0.3) is 0 Å². The second-order valence-electron chi connectivity index (χ2n) is 7.03. The van der Waals surface area contributed by atoms with Crippen molar-refractivity contribution in [1.82, 2.24) is 0 Å². The fraction of sp³-hybridized carbons (Fsp3) is 0.409. The molecule has 0 bridgehead atoms. The van der Waals surface area contributed by atoms with E-state index in [0.29, 0.717) is 37.9 Å². The Morgan fingerprint density at radius 3 is 2.17 bits per heavy atom. The van der Waals surface area contributed by atoms with Crippen molar-refractivity contribution in [1.29, 1.82) is 0 Å². The van der Waals surface area contributed by atoms with Crippen LogP contribution in [0, 0.1) is 0 Å². The number of benzene rings is 2. The molecule has 0 aliphatic carbocycles. The molecule has 0 saturated heterocycles. The second kappa shape index (κ2) is 10.6. The van der Waals surface area contributed by atoms with Gasteiger partial charge in [-0.15, -0.1) is 0 Å². The molecule has 29 heavy (non-hydrogen) atoms. The largest absolute Gasteiger partial charge is 0.504 e. The van der Waals surface area contributed by atoms with Crippen molar-refractivity contribution in [2.75, 3.05) is 7.11 Å². The van der Waals surface area contributed by atoms with E-state index in [1.807, 2.05) is 0 Å². The van der Waals surface area contributed by atoms with Crippen LogP contribution in [0.25, 0.3) is 0 Å². The van der Waals surface area contributed by atoms with Gasteiger partial charge in [-0.3, -0.25) is 4.79 Å². The van der Waals surface area contributed by atoms with Gasteiger partial charge < -0.3 is 29.9 Å². The first-order chi connectivity index (χ1) is 13.8. The minimum absolute atomic E-state index is 0.0588. The summed E-state index contributed by atoms with van der Waals surface area (Å²) in [7, 11) is 1.48. The summed E-state index contributed by atoms with van der Waals surface area (Å²) in [5.41, 5.74) is 1.71. The first-order valence-electron chi connectivity index (χ1n) is 9.50. The molecule has 0 aromatic heterocycles. The third-order valence-corrected chi connectivity index (χ3v) is 4.67. The Morgan fingerprint density at radius 2 is 1.55 bits per heavy atom. The van der Waals surface area contributed by atoms with Gasteiger partial charge in [0.15, 0.2) is 23.0 Å². The number of hydrogen-bond acceptors (Lipinski definition) is 7. The number of ether oxygens (including phenoxy) is 2. The molecular weight excluding hydrogens is 376 g/mol. The van der Waals surface area contributed by atoms with Crippen LogP contribution < -0.4 is 4.74 Å². The lowest BCUT2D eigenvalue weighted by molar-refractivity contribution is -0.148. The number of rotatable bonds is 10. The molecule has 0 radical (unpaired) electrons. The number of aromatic hydroxyl groups is 3. The number of aliphatic hydroxyl groups is 1. The molecule has 0 fully saturated rings. The van der Waals surface area contributed by atoms with E-state index in [0.717, 1.165) is 11.1 Å². The van der Waals surface area contributed by atoms with Crippen LogP contribution in [0.3, 0.4) is 0 Å². The van der Waals surface area contributed by atoms with E-state index in [4.69, 9.17) is 9.47 Å². The normalized spacial score (nSPS) is 12.9. The first kappa shape index (κ1) is 22.4. The summed E-state index contributed by atoms with van der Waals surface area (Å²) in [5.74, 6) is -0.352. The predicted octanol–water partition coefficient (Wildman–Crippen LogP) is 3.06. The highest BCUT2D eigenvalue weighted by atomic mass is 16.5. The Kier molecular flexibility index (Phi) is 8.15. The van der Waals surface area contributed by atoms with Crippen molar-refractivity contribution in [3.05, 3.63) is 47.5 Å². The number of phenolic OH excluding ortho intramolecular Hbond substituents is 3. The minimum Gasteiger partial charge on any atom is -0.504 e. The lowest BCUT2D eigenvalue weighted by atomic mass is 9.98. The monoisotopic (exact) mass is 404 g/mol. The zero-order chi connectivity index (χ0) is 21.4. The third-order valence-electron chi connectivity index (χ3n) is 4.67. The lowest BCUT2D eigenvalue weighted by Gasteiger charge is -2.20. The van der Waals surface area contributed by atoms with Crippen molar-refractivity contribution in [3.63, 3.8) is 0 Å². The molecule has 7 nitrogen and oxygen atoms in total. The average Bonchev–Trinajstić information content (AvgIpc) is 2.67. The van der Waals surface area contributed by atoms with Crippen LogP contribution in [-0.4, -0.2) is 45.7 Å². The van der Waals surface area contributed by atoms with Crippen molar-refractivity contribution in [2.45, 2.75) is 51.2 Å². The number of esters is 1. The summed E-state index contributed by atoms with van der Waals surface area (Å²) in [5, 5.41) is 39.0. The fourth-order valence-corrected chi connectivity index (χ4v) is 3.14. The standard InChI is InChI=1S/C22H28O7/c1-14(23)29-18(8-4-16-6-10-20(26)22(12-16)28-2)13-17(24)7-3-15-5-9-19(25)21(27)11-15/h5-6,9-12,17-18,24-27H,3-4,7-8,13H2,1-2H3. The van der Waals surface area contributed by atoms with E-state index in [1.54, 1.807) is 24.3 Å². The van der Waals surface area contributed by atoms with E-state index in [1.165, 1.54) is 26.2 Å². The molecule has 7 heteroatoms. The van der Waals surface area contributed by atoms with Crippen molar-refractivity contribution in [2.24, 2.45) is 0 Å². The minimum atomic E-state index is -0.690. The molecule has 2 unspecified atom stereocenters. The summed E-state index contributed by atoms with van der Waals surface area (Å²) in [4.78, 5) is 11.4. The molecule has 0 spiro atoms. The van der Waals surface area contributed by atoms with Crippen LogP contribution in [0.1, 0.15) is 37.3 Å². The van der Waals surface area contributed by atoms with E-state index in [9.17, 15) is 25.2 Å². The first-order valence-corrected chi connectivity index (χ1v) is 9.50. The molecule has 0 amide bonds. The van der Waals surface area contributed by atoms with Crippen molar-refractivity contribution >= 4 is 5.97 Å². The molecule has 2 aromatic carbocycles. The molecule has 0 aliphatic rings. The van der Waals surface area contributed by atoms with Crippen molar-refractivity contribution < 1.29 is 34.7 Å². The molecule has 2 aromatic rings. The maximum atomic E-state index is 11.4. The number of hydrogen-bond donors (Lipinski definition) is 4. The maximum absolute atomic E-state index is 11.4. The highest BCUT2D eigenvalue weighted by Gasteiger charge is 2.18. The van der Waals surface area contributed by atoms with Gasteiger partial charge in [0.2, 0.25) is 0 Å². The van der Waals surface area contributed by atoms with Crippen LogP contribution in [0.2, 0.25) is 0 Å². The van der Waals surface area contributed by atoms with E-state index >= 15 is 0 Å². The molecular formula is C22H28O7. The zero-order valence-electron chi connectivity index (χ0n) is 16.7. The molecule has 0 aliphatic heterocycles. The molecule has 2 rings (SSSR count). The summed E-state index contributed by atoms with van der Waals surface area (Å²) >= 11 is 0. The number of aryl methyl sites for hydroxylation is 2. The van der Waals surface area contributed by atoms with E-state index in [-0.39, 0.29) is 17.2 Å². The average molecular weight is 404 g/mol. The SMILES string of the molecule is COc1cc(CCC(CC(O)CCc2ccc(O)c(O)c2)OC(C)=O)ccc1O. The van der Waals surface area contributed by atoms with Crippen LogP contribution in [0.4, 0.5) is 0 Å². The number of carbonyl (C=O) groups is 1. The van der Waals surface area contributed by atoms with Crippen molar-refractivity contribution in [3.8, 4) is 23.0 Å². The molecule has 4 N–H and O–H groups in total. The third kappa shape index (κ3) is 7.19. The van der Waals surface area contributed by atoms with Gasteiger partial charge in [0, 0.05) is 13.3 Å². The predicted molar refractivity (Wildman–Crippen MR) is 107 cm³/mol. The molecule has 0 saturated carbocycles. The number of aliphatic hydroxyl groups excluding tert-OH is 1. The van der Waals surface area contributed by atoms with Gasteiger partial charge in [-0.1, -0.05) is 12.1 Å². The Hall–Kier alpha value is -2.93. The Balaban J connectivity index is 1.91. The van der Waals surface area contributed by atoms with Gasteiger partial charge >= 0.3 is 5.97 Å². The Bertz CT molecular complexity index is 819. The smallest absolute Gasteiger partial charge is 0.302 e.